The summed E-state index contributed by atoms with van der Waals surface area (Å²) in [6.07, 6.45) is 0. The van der Waals surface area contributed by atoms with Crippen molar-refractivity contribution in [1.29, 1.82) is 0 Å². The highest BCUT2D eigenvalue weighted by atomic mass is 19.1. The van der Waals surface area contributed by atoms with Gasteiger partial charge in [0.25, 0.3) is 0 Å². The third-order valence-corrected chi connectivity index (χ3v) is 1.83. The maximum Gasteiger partial charge on any atom is 0.235 e. The molecule has 11 heavy (non-hydrogen) atoms. The molecule has 1 aromatic rings. The molecule has 62 valence electrons. The van der Waals surface area contributed by atoms with Crippen LogP contribution in [0.5, 0.6) is 0 Å². The normalized spacial score (nSPS) is 11.1. The predicted molar refractivity (Wildman–Crippen MR) is 42.0 cm³/mol. The average molecular weight is 156 g/mol. The van der Waals surface area contributed by atoms with Gasteiger partial charge in [-0.05, 0) is 12.8 Å². The number of halogens is 1. The molecular weight excluding hydrogens is 143 g/mol. The van der Waals surface area contributed by atoms with Crippen LogP contribution >= 0.6 is 0 Å². The molecule has 0 radical (unpaired) electrons. The van der Waals surface area contributed by atoms with Crippen LogP contribution in [0, 0.1) is 12.9 Å². The van der Waals surface area contributed by atoms with Crippen molar-refractivity contribution in [2.24, 2.45) is 7.05 Å². The first kappa shape index (κ1) is 8.24. The van der Waals surface area contributed by atoms with Crippen LogP contribution in [0.4, 0.5) is 4.39 Å². The molecule has 0 amide bonds. The van der Waals surface area contributed by atoms with Crippen molar-refractivity contribution in [2.75, 3.05) is 0 Å². The maximum atomic E-state index is 12.8. The van der Waals surface area contributed by atoms with Crippen LogP contribution in [0.1, 0.15) is 31.0 Å². The summed E-state index contributed by atoms with van der Waals surface area (Å²) in [5, 5.41) is 3.68. The first-order chi connectivity index (χ1) is 5.04. The lowest BCUT2D eigenvalue weighted by Gasteiger charge is -2.05. The molecule has 0 aliphatic carbocycles. The molecule has 0 bridgehead atoms. The molecule has 1 heterocycles. The smallest absolute Gasteiger partial charge is 0.235 e. The highest BCUT2D eigenvalue weighted by Gasteiger charge is 2.13. The fourth-order valence-corrected chi connectivity index (χ4v) is 1.42. The quantitative estimate of drug-likeness (QED) is 0.608. The molecular formula is C8H13FN2. The van der Waals surface area contributed by atoms with E-state index in [1.54, 1.807) is 18.7 Å². The lowest BCUT2D eigenvalue weighted by Crippen LogP contribution is -2.00. The van der Waals surface area contributed by atoms with Crippen molar-refractivity contribution in [1.82, 2.24) is 9.78 Å². The van der Waals surface area contributed by atoms with E-state index in [0.29, 0.717) is 11.5 Å². The molecule has 0 atom stereocenters. The summed E-state index contributed by atoms with van der Waals surface area (Å²) in [5.41, 5.74) is 1.64. The zero-order chi connectivity index (χ0) is 8.59. The summed E-state index contributed by atoms with van der Waals surface area (Å²) >= 11 is 0. The van der Waals surface area contributed by atoms with E-state index in [4.69, 9.17) is 0 Å². The van der Waals surface area contributed by atoms with Crippen LogP contribution in [-0.2, 0) is 7.05 Å². The molecule has 0 saturated heterocycles. The van der Waals surface area contributed by atoms with Crippen molar-refractivity contribution in [3.8, 4) is 0 Å². The Morgan fingerprint density at radius 2 is 2.00 bits per heavy atom. The lowest BCUT2D eigenvalue weighted by molar-refractivity contribution is 0.545. The topological polar surface area (TPSA) is 17.8 Å². The summed E-state index contributed by atoms with van der Waals surface area (Å²) in [6.45, 7) is 5.82. The molecule has 0 unspecified atom stereocenters. The van der Waals surface area contributed by atoms with E-state index in [1.165, 1.54) is 0 Å². The van der Waals surface area contributed by atoms with Crippen molar-refractivity contribution in [3.63, 3.8) is 0 Å². The summed E-state index contributed by atoms with van der Waals surface area (Å²) in [5.74, 6) is -0.0202. The second-order valence-corrected chi connectivity index (χ2v) is 3.08. The molecule has 0 spiro atoms. The molecule has 3 heteroatoms. The van der Waals surface area contributed by atoms with Crippen molar-refractivity contribution >= 4 is 0 Å². The molecule has 0 saturated carbocycles. The Bertz CT molecular complexity index is 263. The molecule has 1 aromatic heterocycles. The number of nitrogens with zero attached hydrogens (tertiary/aromatic N) is 2. The second-order valence-electron chi connectivity index (χ2n) is 3.08. The fraction of sp³-hybridized carbons (Fsp3) is 0.625. The number of hydrogen-bond donors (Lipinski definition) is 0. The number of hydrogen-bond acceptors (Lipinski definition) is 1. The Balaban J connectivity index is 3.22. The van der Waals surface area contributed by atoms with Gasteiger partial charge in [-0.25, -0.2) is 0 Å². The van der Waals surface area contributed by atoms with Gasteiger partial charge in [-0.3, -0.25) is 4.68 Å². The van der Waals surface area contributed by atoms with Gasteiger partial charge in [0.1, 0.15) is 0 Å². The van der Waals surface area contributed by atoms with Crippen LogP contribution in [0.3, 0.4) is 0 Å². The van der Waals surface area contributed by atoms with Gasteiger partial charge in [-0.1, -0.05) is 13.8 Å². The van der Waals surface area contributed by atoms with E-state index < -0.39 is 0 Å². The van der Waals surface area contributed by atoms with Gasteiger partial charge >= 0.3 is 0 Å². The minimum atomic E-state index is -0.351. The van der Waals surface area contributed by atoms with Crippen molar-refractivity contribution in [2.45, 2.75) is 26.7 Å². The average Bonchev–Trinajstić information content (AvgIpc) is 2.07. The Morgan fingerprint density at radius 1 is 1.45 bits per heavy atom. The fourth-order valence-electron chi connectivity index (χ4n) is 1.42. The molecule has 0 aliphatic rings. The SMILES string of the molecule is Cc1c(F)nn(C)c1C(C)C. The highest BCUT2D eigenvalue weighted by molar-refractivity contribution is 5.20. The monoisotopic (exact) mass is 156 g/mol. The predicted octanol–water partition coefficient (Wildman–Crippen LogP) is 1.99. The van der Waals surface area contributed by atoms with Crippen molar-refractivity contribution in [3.05, 3.63) is 17.2 Å². The zero-order valence-corrected chi connectivity index (χ0v) is 7.35. The summed E-state index contributed by atoms with van der Waals surface area (Å²) in [6, 6.07) is 0. The van der Waals surface area contributed by atoms with Crippen LogP contribution in [-0.4, -0.2) is 9.78 Å². The molecule has 2 nitrogen and oxygen atoms in total. The van der Waals surface area contributed by atoms with E-state index in [9.17, 15) is 4.39 Å². The highest BCUT2D eigenvalue weighted by Crippen LogP contribution is 2.19. The molecule has 0 fully saturated rings. The number of aryl methyl sites for hydroxylation is 1. The standard InChI is InChI=1S/C8H13FN2/c1-5(2)7-6(3)8(9)10-11(7)4/h5H,1-4H3. The zero-order valence-electron chi connectivity index (χ0n) is 7.35. The minimum Gasteiger partial charge on any atom is -0.269 e. The van der Waals surface area contributed by atoms with E-state index in [0.717, 1.165) is 5.69 Å². The number of rotatable bonds is 1. The van der Waals surface area contributed by atoms with Crippen molar-refractivity contribution < 1.29 is 4.39 Å². The van der Waals surface area contributed by atoms with Gasteiger partial charge in [-0.15, -0.1) is 5.10 Å². The van der Waals surface area contributed by atoms with E-state index in [2.05, 4.69) is 5.10 Å². The van der Waals surface area contributed by atoms with Crippen LogP contribution in [0.15, 0.2) is 0 Å². The van der Waals surface area contributed by atoms with E-state index in [-0.39, 0.29) is 5.95 Å². The Morgan fingerprint density at radius 3 is 2.18 bits per heavy atom. The number of aromatic nitrogens is 2. The first-order valence-electron chi connectivity index (χ1n) is 3.73. The molecule has 0 N–H and O–H groups in total. The van der Waals surface area contributed by atoms with E-state index >= 15 is 0 Å². The largest absolute Gasteiger partial charge is 0.269 e. The van der Waals surface area contributed by atoms with Gasteiger partial charge in [0.2, 0.25) is 5.95 Å². The van der Waals surface area contributed by atoms with Gasteiger partial charge in [-0.2, -0.15) is 4.39 Å². The molecule has 0 aromatic carbocycles. The third-order valence-electron chi connectivity index (χ3n) is 1.83. The van der Waals surface area contributed by atoms with Crippen LogP contribution in [0.25, 0.3) is 0 Å². The maximum absolute atomic E-state index is 12.8. The summed E-state index contributed by atoms with van der Waals surface area (Å²) < 4.78 is 14.4. The third kappa shape index (κ3) is 1.27. The minimum absolute atomic E-state index is 0.331. The Labute approximate surface area is 66.0 Å². The molecule has 0 aliphatic heterocycles. The van der Waals surface area contributed by atoms with Crippen LogP contribution in [0.2, 0.25) is 0 Å². The van der Waals surface area contributed by atoms with Gasteiger partial charge in [0.05, 0.1) is 0 Å². The molecule has 1 rings (SSSR count). The van der Waals surface area contributed by atoms with Gasteiger partial charge in [0.15, 0.2) is 0 Å². The summed E-state index contributed by atoms with van der Waals surface area (Å²) in [4.78, 5) is 0. The van der Waals surface area contributed by atoms with E-state index in [1.807, 2.05) is 13.8 Å². The lowest BCUT2D eigenvalue weighted by atomic mass is 10.1. The first-order valence-corrected chi connectivity index (χ1v) is 3.73. The summed E-state index contributed by atoms with van der Waals surface area (Å²) in [7, 11) is 1.77. The van der Waals surface area contributed by atoms with Gasteiger partial charge < -0.3 is 0 Å². The van der Waals surface area contributed by atoms with Gasteiger partial charge in [0, 0.05) is 18.3 Å². The second kappa shape index (κ2) is 2.64. The van der Waals surface area contributed by atoms with Crippen LogP contribution < -0.4 is 0 Å². The Hall–Kier alpha value is -0.860. The Kier molecular flexibility index (Phi) is 1.98.